The van der Waals surface area contributed by atoms with Crippen molar-refractivity contribution in [2.75, 3.05) is 0 Å². The molecule has 3 aromatic heterocycles. The van der Waals surface area contributed by atoms with Crippen molar-refractivity contribution in [3.05, 3.63) is 75.6 Å². The summed E-state index contributed by atoms with van der Waals surface area (Å²) in [5.74, 6) is 0.0455. The lowest BCUT2D eigenvalue weighted by Crippen LogP contribution is -2.15. The van der Waals surface area contributed by atoms with Crippen molar-refractivity contribution in [3.63, 3.8) is 0 Å². The van der Waals surface area contributed by atoms with E-state index in [4.69, 9.17) is 4.42 Å². The van der Waals surface area contributed by atoms with Gasteiger partial charge >= 0.3 is 0 Å². The largest absolute Gasteiger partial charge is 0.465 e. The Labute approximate surface area is 176 Å². The highest BCUT2D eigenvalue weighted by Gasteiger charge is 2.22. The zero-order chi connectivity index (χ0) is 21.6. The van der Waals surface area contributed by atoms with E-state index in [1.807, 2.05) is 13.0 Å². The molecule has 0 saturated heterocycles. The molecule has 1 aromatic carbocycles. The number of hydrogen-bond acceptors (Lipinski definition) is 4. The average molecular weight is 429 g/mol. The number of fused-ring (bicyclic) bond motifs is 1. The van der Waals surface area contributed by atoms with E-state index < -0.39 is 11.6 Å². The molecule has 0 spiro atoms. The van der Waals surface area contributed by atoms with Crippen LogP contribution in [-0.2, 0) is 11.2 Å². The van der Waals surface area contributed by atoms with E-state index in [1.165, 1.54) is 22.7 Å². The first-order chi connectivity index (χ1) is 14.1. The molecule has 0 fully saturated rings. The molecule has 0 bridgehead atoms. The molecule has 0 saturated carbocycles. The third-order valence-electron chi connectivity index (χ3n) is 4.74. The van der Waals surface area contributed by atoms with E-state index in [9.17, 15) is 13.6 Å². The predicted octanol–water partition coefficient (Wildman–Crippen LogP) is 5.46. The molecule has 8 heteroatoms. The smallest absolute Gasteiger partial charge is 0.272 e. The van der Waals surface area contributed by atoms with Gasteiger partial charge in [-0.05, 0) is 25.1 Å². The Hall–Kier alpha value is -2.87. The van der Waals surface area contributed by atoms with Crippen LogP contribution in [0.4, 0.5) is 8.78 Å². The van der Waals surface area contributed by atoms with Gasteiger partial charge in [0.1, 0.15) is 11.5 Å². The van der Waals surface area contributed by atoms with E-state index in [0.717, 1.165) is 40.6 Å². The van der Waals surface area contributed by atoms with E-state index in [2.05, 4.69) is 30.9 Å². The molecule has 0 unspecified atom stereocenters. The summed E-state index contributed by atoms with van der Waals surface area (Å²) in [5.41, 5.74) is 2.10. The molecule has 4 aromatic rings. The van der Waals surface area contributed by atoms with Crippen molar-refractivity contribution in [2.45, 2.75) is 43.8 Å². The van der Waals surface area contributed by atoms with E-state index in [0.29, 0.717) is 11.3 Å². The van der Waals surface area contributed by atoms with Gasteiger partial charge in [0.15, 0.2) is 17.3 Å². The number of nitrogens with zero attached hydrogens (tertiary/aromatic N) is 2. The van der Waals surface area contributed by atoms with Crippen LogP contribution >= 0.6 is 11.8 Å². The number of benzene rings is 1. The van der Waals surface area contributed by atoms with Gasteiger partial charge in [-0.25, -0.2) is 18.3 Å². The Balaban J connectivity index is 1.66. The van der Waals surface area contributed by atoms with Crippen molar-refractivity contribution in [1.29, 1.82) is 0 Å². The number of aryl methyl sites for hydroxylation is 1. The quantitative estimate of drug-likeness (QED) is 0.438. The topological polar surface area (TPSA) is 63.3 Å². The van der Waals surface area contributed by atoms with Crippen molar-refractivity contribution >= 4 is 17.4 Å². The molecule has 0 aliphatic carbocycles. The molecule has 30 heavy (non-hydrogen) atoms. The maximum atomic E-state index is 13.9. The van der Waals surface area contributed by atoms with Gasteiger partial charge in [0, 0.05) is 33.8 Å². The maximum Gasteiger partial charge on any atom is 0.272 e. The number of furan rings is 1. The first kappa shape index (κ1) is 20.4. The molecule has 0 aliphatic rings. The third-order valence-corrected chi connectivity index (χ3v) is 5.81. The predicted molar refractivity (Wildman–Crippen MR) is 113 cm³/mol. The Morgan fingerprint density at radius 3 is 2.67 bits per heavy atom. The second kappa shape index (κ2) is 7.43. The maximum absolute atomic E-state index is 13.9. The Bertz CT molecular complexity index is 1300. The Morgan fingerprint density at radius 2 is 1.97 bits per heavy atom. The molecule has 0 aliphatic heterocycles. The van der Waals surface area contributed by atoms with E-state index in [-0.39, 0.29) is 21.6 Å². The summed E-state index contributed by atoms with van der Waals surface area (Å²) in [7, 11) is 0. The molecule has 1 N–H and O–H groups in total. The van der Waals surface area contributed by atoms with Crippen LogP contribution in [0.3, 0.4) is 0 Å². The van der Waals surface area contributed by atoms with Crippen LogP contribution in [0, 0.1) is 18.6 Å². The van der Waals surface area contributed by atoms with Crippen LogP contribution < -0.4 is 5.56 Å². The Kier molecular flexibility index (Phi) is 5.05. The third kappa shape index (κ3) is 3.79. The fourth-order valence-electron chi connectivity index (χ4n) is 3.12. The molecule has 0 atom stereocenters. The van der Waals surface area contributed by atoms with Crippen molar-refractivity contribution < 1.29 is 13.2 Å². The van der Waals surface area contributed by atoms with Gasteiger partial charge in [0.05, 0.1) is 11.4 Å². The molecule has 156 valence electrons. The summed E-state index contributed by atoms with van der Waals surface area (Å²) in [4.78, 5) is 17.2. The molecule has 3 heterocycles. The monoisotopic (exact) mass is 429 g/mol. The average Bonchev–Trinajstić information content (AvgIpc) is 3.26. The van der Waals surface area contributed by atoms with Crippen molar-refractivity contribution in [3.8, 4) is 11.3 Å². The molecule has 4 rings (SSSR count). The number of aromatic nitrogens is 3. The van der Waals surface area contributed by atoms with E-state index in [1.54, 1.807) is 6.07 Å². The minimum atomic E-state index is -0.899. The molecule has 0 radical (unpaired) electrons. The summed E-state index contributed by atoms with van der Waals surface area (Å²) < 4.78 is 34.5. The van der Waals surface area contributed by atoms with Crippen LogP contribution in [0.25, 0.3) is 16.9 Å². The van der Waals surface area contributed by atoms with Gasteiger partial charge in [-0.2, -0.15) is 0 Å². The summed E-state index contributed by atoms with van der Waals surface area (Å²) in [6.07, 6.45) is 0. The lowest BCUT2D eigenvalue weighted by Gasteiger charge is -2.13. The minimum Gasteiger partial charge on any atom is -0.465 e. The number of nitrogens with one attached hydrogen (secondary N) is 1. The number of halogens is 2. The fourth-order valence-corrected chi connectivity index (χ4v) is 3.97. The highest BCUT2D eigenvalue weighted by molar-refractivity contribution is 7.98. The van der Waals surface area contributed by atoms with Gasteiger partial charge in [0.25, 0.3) is 5.56 Å². The van der Waals surface area contributed by atoms with Gasteiger partial charge in [-0.1, -0.05) is 26.8 Å². The normalized spacial score (nSPS) is 12.1. The standard InChI is InChI=1S/C22H21F2N3O2S/c1-12-14(9-18(29-12)22(2,3)4)16-10-19-25-13(8-20(28)27(19)26-16)11-30-17-7-5-6-15(23)21(17)24/h5-10,26H,11H2,1-4H3. The van der Waals surface area contributed by atoms with Crippen LogP contribution in [0.5, 0.6) is 0 Å². The van der Waals surface area contributed by atoms with Crippen LogP contribution in [-0.4, -0.2) is 14.6 Å². The van der Waals surface area contributed by atoms with Crippen molar-refractivity contribution in [1.82, 2.24) is 14.6 Å². The van der Waals surface area contributed by atoms with Gasteiger partial charge in [-0.3, -0.25) is 9.89 Å². The van der Waals surface area contributed by atoms with Crippen LogP contribution in [0.1, 0.15) is 38.0 Å². The van der Waals surface area contributed by atoms with Gasteiger partial charge < -0.3 is 4.42 Å². The summed E-state index contributed by atoms with van der Waals surface area (Å²) >= 11 is 1.09. The summed E-state index contributed by atoms with van der Waals surface area (Å²) in [6.45, 7) is 8.08. The van der Waals surface area contributed by atoms with Crippen LogP contribution in [0.2, 0.25) is 0 Å². The number of hydrogen-bond donors (Lipinski definition) is 1. The van der Waals surface area contributed by atoms with Gasteiger partial charge in [-0.15, -0.1) is 11.8 Å². The fraction of sp³-hybridized carbons (Fsp3) is 0.273. The summed E-state index contributed by atoms with van der Waals surface area (Å²) in [6, 6.07) is 9.15. The number of H-pyrrole nitrogens is 1. The zero-order valence-electron chi connectivity index (χ0n) is 17.0. The second-order valence-corrected chi connectivity index (χ2v) is 9.14. The highest BCUT2D eigenvalue weighted by Crippen LogP contribution is 2.32. The first-order valence-electron chi connectivity index (χ1n) is 9.43. The van der Waals surface area contributed by atoms with Crippen molar-refractivity contribution in [2.24, 2.45) is 0 Å². The molecule has 0 amide bonds. The zero-order valence-corrected chi connectivity index (χ0v) is 17.9. The summed E-state index contributed by atoms with van der Waals surface area (Å²) in [5, 5.41) is 3.07. The van der Waals surface area contributed by atoms with Gasteiger partial charge in [0.2, 0.25) is 0 Å². The minimum absolute atomic E-state index is 0.138. The Morgan fingerprint density at radius 1 is 1.20 bits per heavy atom. The number of rotatable bonds is 4. The number of aromatic amines is 1. The lowest BCUT2D eigenvalue weighted by atomic mass is 9.93. The highest BCUT2D eigenvalue weighted by atomic mass is 32.2. The lowest BCUT2D eigenvalue weighted by molar-refractivity contribution is 0.396. The molecule has 5 nitrogen and oxygen atoms in total. The molecular weight excluding hydrogens is 408 g/mol. The molecular formula is C22H21F2N3O2S. The van der Waals surface area contributed by atoms with Crippen LogP contribution in [0.15, 0.2) is 50.5 Å². The van der Waals surface area contributed by atoms with E-state index >= 15 is 0 Å². The first-order valence-corrected chi connectivity index (χ1v) is 10.4. The second-order valence-electron chi connectivity index (χ2n) is 8.12. The SMILES string of the molecule is Cc1oc(C(C)(C)C)cc1-c1cc2nc(CSc3cccc(F)c3F)cc(=O)n2[nH]1. The number of thioether (sulfide) groups is 1.